The number of aromatic nitrogens is 4. The molecule has 3 heterocycles. The Morgan fingerprint density at radius 1 is 1.38 bits per heavy atom. The Balaban J connectivity index is 1.79. The summed E-state index contributed by atoms with van der Waals surface area (Å²) in [5, 5.41) is 11.3. The van der Waals surface area contributed by atoms with Crippen LogP contribution in [-0.2, 0) is 0 Å². The molecule has 0 unspecified atom stereocenters. The second-order valence-corrected chi connectivity index (χ2v) is 5.83. The average molecular weight is 287 g/mol. The summed E-state index contributed by atoms with van der Waals surface area (Å²) in [5.41, 5.74) is 3.69. The minimum Gasteiger partial charge on any atom is -0.336 e. The van der Waals surface area contributed by atoms with Gasteiger partial charge in [0.1, 0.15) is 0 Å². The SMILES string of the molecule is Cc1cc(C)n([C@H]2CCCN(C(=O)c3cn[nH]c3C)C2)n1. The number of likely N-dealkylation sites (tertiary alicyclic amines) is 1. The van der Waals surface area contributed by atoms with Crippen LogP contribution in [0, 0.1) is 20.8 Å². The van der Waals surface area contributed by atoms with Crippen molar-refractivity contribution >= 4 is 5.91 Å². The van der Waals surface area contributed by atoms with E-state index in [4.69, 9.17) is 0 Å². The lowest BCUT2D eigenvalue weighted by atomic mass is 10.0. The van der Waals surface area contributed by atoms with Crippen LogP contribution in [0.4, 0.5) is 0 Å². The second-order valence-electron chi connectivity index (χ2n) is 5.83. The van der Waals surface area contributed by atoms with Crippen molar-refractivity contribution in [3.8, 4) is 0 Å². The Morgan fingerprint density at radius 2 is 2.19 bits per heavy atom. The number of aryl methyl sites for hydroxylation is 3. The molecule has 6 nitrogen and oxygen atoms in total. The van der Waals surface area contributed by atoms with Crippen molar-refractivity contribution in [2.24, 2.45) is 0 Å². The van der Waals surface area contributed by atoms with Crippen molar-refractivity contribution in [3.05, 3.63) is 34.9 Å². The Kier molecular flexibility index (Phi) is 3.53. The van der Waals surface area contributed by atoms with E-state index in [9.17, 15) is 4.79 Å². The number of hydrogen-bond donors (Lipinski definition) is 1. The summed E-state index contributed by atoms with van der Waals surface area (Å²) < 4.78 is 2.07. The largest absolute Gasteiger partial charge is 0.336 e. The summed E-state index contributed by atoms with van der Waals surface area (Å²) in [5.74, 6) is 0.0625. The number of amides is 1. The molecular weight excluding hydrogens is 266 g/mol. The molecule has 1 N–H and O–H groups in total. The fourth-order valence-corrected chi connectivity index (χ4v) is 3.09. The van der Waals surface area contributed by atoms with Gasteiger partial charge in [0.05, 0.1) is 23.5 Å². The first kappa shape index (κ1) is 13.9. The number of piperidine rings is 1. The highest BCUT2D eigenvalue weighted by Gasteiger charge is 2.27. The molecule has 0 saturated carbocycles. The number of H-pyrrole nitrogens is 1. The summed E-state index contributed by atoms with van der Waals surface area (Å²) in [4.78, 5) is 14.5. The van der Waals surface area contributed by atoms with Gasteiger partial charge in [-0.2, -0.15) is 10.2 Å². The molecule has 0 aromatic carbocycles. The third-order valence-corrected chi connectivity index (χ3v) is 4.13. The lowest BCUT2D eigenvalue weighted by Gasteiger charge is -2.33. The molecule has 1 amide bonds. The van der Waals surface area contributed by atoms with E-state index in [0.29, 0.717) is 12.1 Å². The molecule has 0 spiro atoms. The highest BCUT2D eigenvalue weighted by molar-refractivity contribution is 5.95. The molecule has 112 valence electrons. The predicted molar refractivity (Wildman–Crippen MR) is 79.2 cm³/mol. The smallest absolute Gasteiger partial charge is 0.257 e. The summed E-state index contributed by atoms with van der Waals surface area (Å²) in [7, 11) is 0. The molecule has 2 aromatic rings. The molecule has 21 heavy (non-hydrogen) atoms. The molecule has 3 rings (SSSR count). The normalized spacial score (nSPS) is 19.0. The summed E-state index contributed by atoms with van der Waals surface area (Å²) in [6, 6.07) is 2.35. The van der Waals surface area contributed by atoms with E-state index in [1.807, 2.05) is 18.7 Å². The van der Waals surface area contributed by atoms with E-state index in [2.05, 4.69) is 33.0 Å². The third-order valence-electron chi connectivity index (χ3n) is 4.13. The van der Waals surface area contributed by atoms with E-state index in [-0.39, 0.29) is 11.9 Å². The van der Waals surface area contributed by atoms with Crippen molar-refractivity contribution in [3.63, 3.8) is 0 Å². The topological polar surface area (TPSA) is 66.8 Å². The zero-order valence-electron chi connectivity index (χ0n) is 12.8. The van der Waals surface area contributed by atoms with Crippen molar-refractivity contribution in [1.29, 1.82) is 0 Å². The fourth-order valence-electron chi connectivity index (χ4n) is 3.09. The van der Waals surface area contributed by atoms with E-state index in [0.717, 1.165) is 36.5 Å². The Hall–Kier alpha value is -2.11. The third kappa shape index (κ3) is 2.57. The van der Waals surface area contributed by atoms with Crippen LogP contribution < -0.4 is 0 Å². The van der Waals surface area contributed by atoms with Crippen molar-refractivity contribution in [1.82, 2.24) is 24.9 Å². The van der Waals surface area contributed by atoms with Crippen LogP contribution in [0.2, 0.25) is 0 Å². The fraction of sp³-hybridized carbons (Fsp3) is 0.533. The van der Waals surface area contributed by atoms with E-state index in [1.165, 1.54) is 0 Å². The van der Waals surface area contributed by atoms with Gasteiger partial charge in [-0.05, 0) is 39.7 Å². The molecule has 1 atom stereocenters. The quantitative estimate of drug-likeness (QED) is 0.918. The molecule has 1 aliphatic heterocycles. The zero-order valence-corrected chi connectivity index (χ0v) is 12.8. The zero-order chi connectivity index (χ0) is 15.0. The first-order chi connectivity index (χ1) is 10.1. The molecule has 1 aliphatic rings. The standard InChI is InChI=1S/C15H21N5O/c1-10-7-11(2)20(18-10)13-5-4-6-19(9-13)15(21)14-8-16-17-12(14)3/h7-8,13H,4-6,9H2,1-3H3,(H,16,17)/t13-/m0/s1. The summed E-state index contributed by atoms with van der Waals surface area (Å²) >= 11 is 0. The molecule has 1 saturated heterocycles. The van der Waals surface area contributed by atoms with Gasteiger partial charge >= 0.3 is 0 Å². The highest BCUT2D eigenvalue weighted by Crippen LogP contribution is 2.24. The maximum atomic E-state index is 12.6. The van der Waals surface area contributed by atoms with Gasteiger partial charge in [-0.25, -0.2) is 0 Å². The van der Waals surface area contributed by atoms with Crippen LogP contribution in [0.25, 0.3) is 0 Å². The van der Waals surface area contributed by atoms with Gasteiger partial charge in [0.15, 0.2) is 0 Å². The minimum absolute atomic E-state index is 0.0625. The maximum absolute atomic E-state index is 12.6. The number of hydrogen-bond acceptors (Lipinski definition) is 3. The van der Waals surface area contributed by atoms with Gasteiger partial charge in [-0.15, -0.1) is 0 Å². The van der Waals surface area contributed by atoms with Crippen molar-refractivity contribution < 1.29 is 4.79 Å². The van der Waals surface area contributed by atoms with Crippen molar-refractivity contribution in [2.45, 2.75) is 39.7 Å². The molecule has 6 heteroatoms. The number of nitrogens with zero attached hydrogens (tertiary/aromatic N) is 4. The number of nitrogens with one attached hydrogen (secondary N) is 1. The van der Waals surface area contributed by atoms with Gasteiger partial charge in [-0.3, -0.25) is 14.6 Å². The molecule has 1 fully saturated rings. The summed E-state index contributed by atoms with van der Waals surface area (Å²) in [6.45, 7) is 7.47. The average Bonchev–Trinajstić information content (AvgIpc) is 3.03. The second kappa shape index (κ2) is 5.35. The monoisotopic (exact) mass is 287 g/mol. The van der Waals surface area contributed by atoms with Crippen LogP contribution >= 0.6 is 0 Å². The van der Waals surface area contributed by atoms with Gasteiger partial charge in [0.25, 0.3) is 5.91 Å². The van der Waals surface area contributed by atoms with Gasteiger partial charge in [-0.1, -0.05) is 0 Å². The molecule has 0 radical (unpaired) electrons. The number of aromatic amines is 1. The van der Waals surface area contributed by atoms with E-state index in [1.54, 1.807) is 6.20 Å². The first-order valence-corrected chi connectivity index (χ1v) is 7.38. The number of rotatable bonds is 2. The summed E-state index contributed by atoms with van der Waals surface area (Å²) in [6.07, 6.45) is 3.69. The highest BCUT2D eigenvalue weighted by atomic mass is 16.2. The van der Waals surface area contributed by atoms with E-state index >= 15 is 0 Å². The van der Waals surface area contributed by atoms with Crippen molar-refractivity contribution in [2.75, 3.05) is 13.1 Å². The Labute approximate surface area is 124 Å². The molecule has 2 aromatic heterocycles. The molecule has 0 bridgehead atoms. The van der Waals surface area contributed by atoms with Crippen LogP contribution in [0.5, 0.6) is 0 Å². The van der Waals surface area contributed by atoms with Crippen LogP contribution in [-0.4, -0.2) is 43.9 Å². The van der Waals surface area contributed by atoms with Crippen LogP contribution in [0.1, 0.15) is 46.3 Å². The maximum Gasteiger partial charge on any atom is 0.257 e. The van der Waals surface area contributed by atoms with E-state index < -0.39 is 0 Å². The van der Waals surface area contributed by atoms with Crippen LogP contribution in [0.15, 0.2) is 12.3 Å². The van der Waals surface area contributed by atoms with Gasteiger partial charge < -0.3 is 4.90 Å². The minimum atomic E-state index is 0.0625. The Bertz CT molecular complexity index is 657. The first-order valence-electron chi connectivity index (χ1n) is 7.38. The number of carbonyl (C=O) groups is 1. The Morgan fingerprint density at radius 3 is 2.81 bits per heavy atom. The lowest BCUT2D eigenvalue weighted by Crippen LogP contribution is -2.41. The van der Waals surface area contributed by atoms with Gasteiger partial charge in [0.2, 0.25) is 0 Å². The number of carbonyl (C=O) groups excluding carboxylic acids is 1. The molecular formula is C15H21N5O. The van der Waals surface area contributed by atoms with Crippen LogP contribution in [0.3, 0.4) is 0 Å². The molecule has 0 aliphatic carbocycles. The lowest BCUT2D eigenvalue weighted by molar-refractivity contribution is 0.0671. The van der Waals surface area contributed by atoms with Gasteiger partial charge in [0, 0.05) is 24.5 Å². The predicted octanol–water partition coefficient (Wildman–Crippen LogP) is 2.01.